The molecule has 1 atom stereocenters. The first kappa shape index (κ1) is 16.5. The molecule has 4 heteroatoms. The molecule has 0 radical (unpaired) electrons. The summed E-state index contributed by atoms with van der Waals surface area (Å²) in [5.41, 5.74) is 1.59. The number of hydrogen-bond acceptors (Lipinski definition) is 3. The van der Waals surface area contributed by atoms with E-state index in [1.165, 1.54) is 18.4 Å². The molecule has 4 nitrogen and oxygen atoms in total. The Morgan fingerprint density at radius 1 is 1.29 bits per heavy atom. The van der Waals surface area contributed by atoms with Gasteiger partial charge in [-0.1, -0.05) is 20.8 Å². The molecule has 1 aromatic rings. The van der Waals surface area contributed by atoms with Crippen molar-refractivity contribution in [3.8, 4) is 0 Å². The van der Waals surface area contributed by atoms with E-state index in [-0.39, 0.29) is 11.6 Å². The summed E-state index contributed by atoms with van der Waals surface area (Å²) in [6.45, 7) is 10.7. The molecule has 1 aliphatic rings. The summed E-state index contributed by atoms with van der Waals surface area (Å²) in [6, 6.07) is 0.229. The van der Waals surface area contributed by atoms with Gasteiger partial charge in [0.2, 0.25) is 0 Å². The van der Waals surface area contributed by atoms with Crippen LogP contribution in [0.4, 0.5) is 0 Å². The molecule has 1 aliphatic carbocycles. The summed E-state index contributed by atoms with van der Waals surface area (Å²) < 4.78 is 8.22. The second kappa shape index (κ2) is 6.49. The van der Waals surface area contributed by atoms with Crippen LogP contribution in [0, 0.1) is 5.41 Å². The second-order valence-corrected chi connectivity index (χ2v) is 7.10. The Morgan fingerprint density at radius 3 is 2.43 bits per heavy atom. The van der Waals surface area contributed by atoms with E-state index in [1.54, 1.807) is 0 Å². The summed E-state index contributed by atoms with van der Waals surface area (Å²) in [5.74, 6) is 0. The third-order valence-electron chi connectivity index (χ3n) is 4.87. The third kappa shape index (κ3) is 3.67. The first-order valence-corrected chi connectivity index (χ1v) is 8.28. The van der Waals surface area contributed by atoms with Crippen LogP contribution in [0.1, 0.15) is 65.0 Å². The van der Waals surface area contributed by atoms with Crippen LogP contribution >= 0.6 is 0 Å². The molecule has 1 heterocycles. The Balaban J connectivity index is 2.28. The van der Waals surface area contributed by atoms with Crippen LogP contribution in [0.25, 0.3) is 0 Å². The van der Waals surface area contributed by atoms with E-state index in [9.17, 15) is 0 Å². The lowest BCUT2D eigenvalue weighted by molar-refractivity contribution is -0.107. The molecule has 1 N–H and O–H groups in total. The number of nitrogens with one attached hydrogen (secondary N) is 1. The zero-order valence-electron chi connectivity index (χ0n) is 14.3. The van der Waals surface area contributed by atoms with Crippen LogP contribution < -0.4 is 5.32 Å². The van der Waals surface area contributed by atoms with Gasteiger partial charge >= 0.3 is 0 Å². The Kier molecular flexibility index (Phi) is 5.10. The molecule has 0 bridgehead atoms. The monoisotopic (exact) mass is 293 g/mol. The van der Waals surface area contributed by atoms with Crippen molar-refractivity contribution in [3.05, 3.63) is 18.0 Å². The van der Waals surface area contributed by atoms with Crippen LogP contribution in [-0.4, -0.2) is 28.5 Å². The Morgan fingerprint density at radius 2 is 1.95 bits per heavy atom. The molecular formula is C17H31N3O. The predicted octanol–water partition coefficient (Wildman–Crippen LogP) is 3.45. The number of likely N-dealkylation sites (N-methyl/N-ethyl adjacent to an activating group) is 1. The first-order valence-electron chi connectivity index (χ1n) is 8.28. The topological polar surface area (TPSA) is 39.1 Å². The Hall–Kier alpha value is -0.870. The van der Waals surface area contributed by atoms with Gasteiger partial charge in [0.05, 0.1) is 17.8 Å². The first-order chi connectivity index (χ1) is 9.92. The molecule has 1 fully saturated rings. The van der Waals surface area contributed by atoms with Crippen molar-refractivity contribution in [2.75, 3.05) is 13.2 Å². The number of ether oxygens (including phenoxy) is 1. The van der Waals surface area contributed by atoms with Crippen LogP contribution in [0.5, 0.6) is 0 Å². The van der Waals surface area contributed by atoms with Crippen molar-refractivity contribution in [1.82, 2.24) is 15.1 Å². The van der Waals surface area contributed by atoms with Gasteiger partial charge in [-0.2, -0.15) is 5.10 Å². The summed E-state index contributed by atoms with van der Waals surface area (Å²) >= 11 is 0. The average molecular weight is 293 g/mol. The van der Waals surface area contributed by atoms with E-state index >= 15 is 0 Å². The second-order valence-electron chi connectivity index (χ2n) is 7.10. The van der Waals surface area contributed by atoms with Crippen LogP contribution in [0.2, 0.25) is 0 Å². The molecule has 0 spiro atoms. The lowest BCUT2D eigenvalue weighted by atomic mass is 9.67. The van der Waals surface area contributed by atoms with Crippen LogP contribution in [0.3, 0.4) is 0 Å². The van der Waals surface area contributed by atoms with Gasteiger partial charge in [-0.15, -0.1) is 0 Å². The fraction of sp³-hybridized carbons (Fsp3) is 0.824. The molecule has 0 aromatic carbocycles. The number of nitrogens with zero attached hydrogens (tertiary/aromatic N) is 2. The van der Waals surface area contributed by atoms with E-state index in [4.69, 9.17) is 4.74 Å². The molecule has 0 amide bonds. The summed E-state index contributed by atoms with van der Waals surface area (Å²) in [6.07, 6.45) is 8.76. The molecule has 0 aliphatic heterocycles. The zero-order chi connectivity index (χ0) is 15.5. The van der Waals surface area contributed by atoms with E-state index < -0.39 is 0 Å². The minimum absolute atomic E-state index is 0.0939. The van der Waals surface area contributed by atoms with Crippen molar-refractivity contribution in [2.45, 2.75) is 65.0 Å². The lowest BCUT2D eigenvalue weighted by Gasteiger charge is -2.47. The average Bonchev–Trinajstić information content (AvgIpc) is 2.85. The fourth-order valence-electron chi connectivity index (χ4n) is 3.55. The number of aryl methyl sites for hydroxylation is 1. The third-order valence-corrected chi connectivity index (χ3v) is 4.87. The molecule has 0 saturated heterocycles. The molecule has 120 valence electrons. The molecule has 1 unspecified atom stereocenters. The van der Waals surface area contributed by atoms with Crippen molar-refractivity contribution in [3.63, 3.8) is 0 Å². The summed E-state index contributed by atoms with van der Waals surface area (Å²) in [4.78, 5) is 0. The van der Waals surface area contributed by atoms with Crippen molar-refractivity contribution in [1.29, 1.82) is 0 Å². The van der Waals surface area contributed by atoms with Gasteiger partial charge in [0.25, 0.3) is 0 Å². The van der Waals surface area contributed by atoms with Crippen molar-refractivity contribution >= 4 is 0 Å². The van der Waals surface area contributed by atoms with E-state index in [0.717, 1.165) is 26.0 Å². The smallest absolute Gasteiger partial charge is 0.0877 e. The highest BCUT2D eigenvalue weighted by Crippen LogP contribution is 2.47. The molecule has 1 saturated carbocycles. The van der Waals surface area contributed by atoms with Gasteiger partial charge in [-0.3, -0.25) is 4.68 Å². The van der Waals surface area contributed by atoms with Gasteiger partial charge in [-0.05, 0) is 44.6 Å². The maximum Gasteiger partial charge on any atom is 0.0877 e. The highest BCUT2D eigenvalue weighted by atomic mass is 16.5. The minimum Gasteiger partial charge on any atom is -0.373 e. The molecule has 1 aromatic heterocycles. The van der Waals surface area contributed by atoms with E-state index in [2.05, 4.69) is 44.3 Å². The van der Waals surface area contributed by atoms with Gasteiger partial charge in [0.15, 0.2) is 0 Å². The van der Waals surface area contributed by atoms with Crippen molar-refractivity contribution in [2.24, 2.45) is 12.5 Å². The van der Waals surface area contributed by atoms with E-state index in [1.807, 2.05) is 17.9 Å². The molecule has 2 rings (SSSR count). The highest BCUT2D eigenvalue weighted by molar-refractivity contribution is 5.17. The van der Waals surface area contributed by atoms with Gasteiger partial charge in [0, 0.05) is 25.4 Å². The fourth-order valence-corrected chi connectivity index (χ4v) is 3.55. The normalized spacial score (nSPS) is 22.1. The van der Waals surface area contributed by atoms with E-state index in [0.29, 0.717) is 5.41 Å². The lowest BCUT2D eigenvalue weighted by Crippen LogP contribution is -2.49. The van der Waals surface area contributed by atoms with Crippen LogP contribution in [-0.2, 0) is 11.8 Å². The zero-order valence-corrected chi connectivity index (χ0v) is 14.3. The standard InChI is InChI=1S/C17H31N3O/c1-6-18-15(14-12-19-20(5)13-14)17(21-7-2)10-8-16(3,4)9-11-17/h12-13,15,18H,6-11H2,1-5H3. The SMILES string of the molecule is CCNC(c1cnn(C)c1)C1(OCC)CCC(C)(C)CC1. The maximum atomic E-state index is 6.34. The summed E-state index contributed by atoms with van der Waals surface area (Å²) in [7, 11) is 1.98. The Bertz CT molecular complexity index is 443. The number of aromatic nitrogens is 2. The van der Waals surface area contributed by atoms with Crippen molar-refractivity contribution < 1.29 is 4.74 Å². The Labute approximate surface area is 129 Å². The molecule has 21 heavy (non-hydrogen) atoms. The minimum atomic E-state index is -0.0939. The number of rotatable bonds is 6. The number of hydrogen-bond donors (Lipinski definition) is 1. The maximum absolute atomic E-state index is 6.34. The summed E-state index contributed by atoms with van der Waals surface area (Å²) in [5, 5.41) is 8.01. The quantitative estimate of drug-likeness (QED) is 0.873. The molecular weight excluding hydrogens is 262 g/mol. The van der Waals surface area contributed by atoms with Gasteiger partial charge in [-0.25, -0.2) is 0 Å². The van der Waals surface area contributed by atoms with Gasteiger partial charge in [0.1, 0.15) is 0 Å². The largest absolute Gasteiger partial charge is 0.373 e. The van der Waals surface area contributed by atoms with Crippen LogP contribution in [0.15, 0.2) is 12.4 Å². The predicted molar refractivity (Wildman–Crippen MR) is 86.2 cm³/mol. The highest BCUT2D eigenvalue weighted by Gasteiger charge is 2.45. The van der Waals surface area contributed by atoms with Gasteiger partial charge < -0.3 is 10.1 Å².